The van der Waals surface area contributed by atoms with E-state index in [1.165, 1.54) is 5.56 Å². The van der Waals surface area contributed by atoms with Gasteiger partial charge in [-0.1, -0.05) is 25.1 Å². The third-order valence-electron chi connectivity index (χ3n) is 3.33. The lowest BCUT2D eigenvalue weighted by Gasteiger charge is -2.17. The standard InChI is InChI=1S/C17H22N2O/c1-5-18-14(4)15-7-6-10-19-17(15)20-16-11-12(2)8-9-13(16)3/h6-11,14,18H,5H2,1-4H3. The van der Waals surface area contributed by atoms with Crippen molar-refractivity contribution in [2.24, 2.45) is 0 Å². The first-order valence-corrected chi connectivity index (χ1v) is 7.05. The molecule has 1 atom stereocenters. The highest BCUT2D eigenvalue weighted by Gasteiger charge is 2.13. The van der Waals surface area contributed by atoms with Crippen LogP contribution in [0.2, 0.25) is 0 Å². The molecule has 2 rings (SSSR count). The minimum Gasteiger partial charge on any atom is -0.438 e. The summed E-state index contributed by atoms with van der Waals surface area (Å²) in [6.07, 6.45) is 1.77. The highest BCUT2D eigenvalue weighted by Crippen LogP contribution is 2.29. The molecule has 0 saturated heterocycles. The average molecular weight is 270 g/mol. The summed E-state index contributed by atoms with van der Waals surface area (Å²) in [7, 11) is 0. The van der Waals surface area contributed by atoms with Crippen LogP contribution in [0, 0.1) is 13.8 Å². The van der Waals surface area contributed by atoms with E-state index in [2.05, 4.69) is 49.3 Å². The van der Waals surface area contributed by atoms with Crippen molar-refractivity contribution in [1.82, 2.24) is 10.3 Å². The van der Waals surface area contributed by atoms with Crippen molar-refractivity contribution < 1.29 is 4.74 Å². The first-order chi connectivity index (χ1) is 9.61. The van der Waals surface area contributed by atoms with Gasteiger partial charge in [0, 0.05) is 17.8 Å². The van der Waals surface area contributed by atoms with Crippen LogP contribution >= 0.6 is 0 Å². The van der Waals surface area contributed by atoms with Crippen LogP contribution in [0.3, 0.4) is 0 Å². The monoisotopic (exact) mass is 270 g/mol. The van der Waals surface area contributed by atoms with Gasteiger partial charge in [-0.05, 0) is 50.6 Å². The van der Waals surface area contributed by atoms with Crippen LogP contribution in [0.4, 0.5) is 0 Å². The molecule has 20 heavy (non-hydrogen) atoms. The van der Waals surface area contributed by atoms with Crippen molar-refractivity contribution in [2.75, 3.05) is 6.54 Å². The molecule has 0 fully saturated rings. The van der Waals surface area contributed by atoms with Gasteiger partial charge in [-0.25, -0.2) is 4.98 Å². The molecule has 0 aliphatic heterocycles. The minimum atomic E-state index is 0.216. The van der Waals surface area contributed by atoms with Gasteiger partial charge >= 0.3 is 0 Å². The van der Waals surface area contributed by atoms with Gasteiger partial charge < -0.3 is 10.1 Å². The quantitative estimate of drug-likeness (QED) is 0.885. The molecule has 1 N–H and O–H groups in total. The summed E-state index contributed by atoms with van der Waals surface area (Å²) < 4.78 is 6.04. The predicted octanol–water partition coefficient (Wildman–Crippen LogP) is 4.16. The Morgan fingerprint density at radius 1 is 1.25 bits per heavy atom. The lowest BCUT2D eigenvalue weighted by atomic mass is 10.1. The maximum atomic E-state index is 6.04. The van der Waals surface area contributed by atoms with Crippen LogP contribution in [-0.4, -0.2) is 11.5 Å². The number of nitrogens with zero attached hydrogens (tertiary/aromatic N) is 1. The summed E-state index contributed by atoms with van der Waals surface area (Å²) in [5.74, 6) is 1.54. The second-order valence-corrected chi connectivity index (χ2v) is 5.05. The average Bonchev–Trinajstić information content (AvgIpc) is 2.44. The molecule has 0 bridgehead atoms. The van der Waals surface area contributed by atoms with Crippen molar-refractivity contribution in [1.29, 1.82) is 0 Å². The van der Waals surface area contributed by atoms with Gasteiger partial charge in [0.2, 0.25) is 5.88 Å². The molecule has 0 aliphatic carbocycles. The predicted molar refractivity (Wildman–Crippen MR) is 82.3 cm³/mol. The van der Waals surface area contributed by atoms with E-state index < -0.39 is 0 Å². The molecule has 1 unspecified atom stereocenters. The molecule has 1 aromatic carbocycles. The van der Waals surface area contributed by atoms with E-state index in [9.17, 15) is 0 Å². The Morgan fingerprint density at radius 3 is 2.80 bits per heavy atom. The Hall–Kier alpha value is -1.87. The first-order valence-electron chi connectivity index (χ1n) is 7.05. The van der Waals surface area contributed by atoms with E-state index in [1.807, 2.05) is 19.1 Å². The molecule has 0 amide bonds. The molecule has 0 radical (unpaired) electrons. The Balaban J connectivity index is 2.31. The van der Waals surface area contributed by atoms with Crippen LogP contribution in [0.1, 0.15) is 36.6 Å². The molecular weight excluding hydrogens is 248 g/mol. The number of nitrogens with one attached hydrogen (secondary N) is 1. The van der Waals surface area contributed by atoms with Crippen molar-refractivity contribution in [3.63, 3.8) is 0 Å². The summed E-state index contributed by atoms with van der Waals surface area (Å²) in [5, 5.41) is 3.39. The van der Waals surface area contributed by atoms with Gasteiger partial charge in [-0.2, -0.15) is 0 Å². The fraction of sp³-hybridized carbons (Fsp3) is 0.353. The topological polar surface area (TPSA) is 34.2 Å². The third-order valence-corrected chi connectivity index (χ3v) is 3.33. The summed E-state index contributed by atoms with van der Waals surface area (Å²) in [6.45, 7) is 9.24. The molecule has 0 spiro atoms. The molecule has 106 valence electrons. The van der Waals surface area contributed by atoms with Gasteiger partial charge in [0.05, 0.1) is 0 Å². The maximum absolute atomic E-state index is 6.04. The number of rotatable bonds is 5. The number of ether oxygens (including phenoxy) is 1. The highest BCUT2D eigenvalue weighted by atomic mass is 16.5. The zero-order valence-corrected chi connectivity index (χ0v) is 12.6. The maximum Gasteiger partial charge on any atom is 0.223 e. The summed E-state index contributed by atoms with van der Waals surface area (Å²) >= 11 is 0. The van der Waals surface area contributed by atoms with Gasteiger partial charge in [0.25, 0.3) is 0 Å². The third kappa shape index (κ3) is 3.36. The summed E-state index contributed by atoms with van der Waals surface area (Å²) in [6, 6.07) is 10.4. The number of benzene rings is 1. The van der Waals surface area contributed by atoms with Gasteiger partial charge in [-0.3, -0.25) is 0 Å². The number of pyridine rings is 1. The van der Waals surface area contributed by atoms with Crippen LogP contribution in [0.25, 0.3) is 0 Å². The Labute approximate surface area is 121 Å². The van der Waals surface area contributed by atoms with Crippen molar-refractivity contribution >= 4 is 0 Å². The van der Waals surface area contributed by atoms with E-state index in [1.54, 1.807) is 6.20 Å². The first kappa shape index (κ1) is 14.5. The normalized spacial score (nSPS) is 12.2. The number of aromatic nitrogens is 1. The minimum absolute atomic E-state index is 0.216. The Bertz CT molecular complexity index is 581. The molecule has 0 saturated carbocycles. The number of aryl methyl sites for hydroxylation is 2. The lowest BCUT2D eigenvalue weighted by Crippen LogP contribution is -2.18. The summed E-state index contributed by atoms with van der Waals surface area (Å²) in [5.41, 5.74) is 3.38. The van der Waals surface area contributed by atoms with Gasteiger partial charge in [0.15, 0.2) is 0 Å². The van der Waals surface area contributed by atoms with E-state index >= 15 is 0 Å². The SMILES string of the molecule is CCNC(C)c1cccnc1Oc1cc(C)ccc1C. The lowest BCUT2D eigenvalue weighted by molar-refractivity contribution is 0.441. The second-order valence-electron chi connectivity index (χ2n) is 5.05. The zero-order valence-electron chi connectivity index (χ0n) is 12.6. The largest absolute Gasteiger partial charge is 0.438 e. The fourth-order valence-electron chi connectivity index (χ4n) is 2.16. The second kappa shape index (κ2) is 6.53. The van der Waals surface area contributed by atoms with Crippen molar-refractivity contribution in [2.45, 2.75) is 33.7 Å². The van der Waals surface area contributed by atoms with E-state index in [0.29, 0.717) is 5.88 Å². The highest BCUT2D eigenvalue weighted by molar-refractivity contribution is 5.40. The van der Waals surface area contributed by atoms with Gasteiger partial charge in [-0.15, -0.1) is 0 Å². The van der Waals surface area contributed by atoms with Crippen LogP contribution in [0.5, 0.6) is 11.6 Å². The molecule has 1 aromatic heterocycles. The molecule has 3 heteroatoms. The zero-order chi connectivity index (χ0) is 14.5. The van der Waals surface area contributed by atoms with E-state index in [4.69, 9.17) is 4.74 Å². The Morgan fingerprint density at radius 2 is 2.05 bits per heavy atom. The molecule has 3 nitrogen and oxygen atoms in total. The van der Waals surface area contributed by atoms with Crippen LogP contribution in [0.15, 0.2) is 36.5 Å². The number of hydrogen-bond donors (Lipinski definition) is 1. The summed E-state index contributed by atoms with van der Waals surface area (Å²) in [4.78, 5) is 4.39. The number of hydrogen-bond acceptors (Lipinski definition) is 3. The molecular formula is C17H22N2O. The molecule has 2 aromatic rings. The smallest absolute Gasteiger partial charge is 0.223 e. The molecule has 0 aliphatic rings. The fourth-order valence-corrected chi connectivity index (χ4v) is 2.16. The van der Waals surface area contributed by atoms with E-state index in [0.717, 1.165) is 23.4 Å². The van der Waals surface area contributed by atoms with Crippen molar-refractivity contribution in [3.05, 3.63) is 53.2 Å². The molecule has 1 heterocycles. The Kier molecular flexibility index (Phi) is 4.74. The van der Waals surface area contributed by atoms with Gasteiger partial charge in [0.1, 0.15) is 5.75 Å². The van der Waals surface area contributed by atoms with Crippen molar-refractivity contribution in [3.8, 4) is 11.6 Å². The van der Waals surface area contributed by atoms with E-state index in [-0.39, 0.29) is 6.04 Å². The van der Waals surface area contributed by atoms with Crippen LogP contribution in [-0.2, 0) is 0 Å². The van der Waals surface area contributed by atoms with Crippen LogP contribution < -0.4 is 10.1 Å².